The molecule has 0 aliphatic carbocycles. The van der Waals surface area contributed by atoms with E-state index in [0.717, 1.165) is 37.0 Å². The van der Waals surface area contributed by atoms with Gasteiger partial charge >= 0.3 is 0 Å². The van der Waals surface area contributed by atoms with Gasteiger partial charge in [-0.1, -0.05) is 19.0 Å². The van der Waals surface area contributed by atoms with Gasteiger partial charge in [0, 0.05) is 6.42 Å². The van der Waals surface area contributed by atoms with Crippen molar-refractivity contribution in [3.63, 3.8) is 0 Å². The number of aldehydes is 1. The molecule has 0 aliphatic heterocycles. The standard InChI is InChI=1S/C9H13NO2/c1-3-5-9-7(6-11)8(4-2)10-12-9/h6H,3-5H2,1-2H3. The highest BCUT2D eigenvalue weighted by Gasteiger charge is 2.12. The number of rotatable bonds is 4. The molecule has 3 nitrogen and oxygen atoms in total. The topological polar surface area (TPSA) is 43.1 Å². The van der Waals surface area contributed by atoms with Crippen LogP contribution >= 0.6 is 0 Å². The molecule has 0 N–H and O–H groups in total. The van der Waals surface area contributed by atoms with Gasteiger partial charge in [0.15, 0.2) is 6.29 Å². The molecule has 66 valence electrons. The zero-order valence-electron chi connectivity index (χ0n) is 7.46. The quantitative estimate of drug-likeness (QED) is 0.644. The summed E-state index contributed by atoms with van der Waals surface area (Å²) in [7, 11) is 0. The second-order valence-electron chi connectivity index (χ2n) is 2.69. The molecule has 1 aromatic heterocycles. The normalized spacial score (nSPS) is 10.2. The lowest BCUT2D eigenvalue weighted by Crippen LogP contribution is -1.91. The van der Waals surface area contributed by atoms with E-state index in [1.165, 1.54) is 0 Å². The molecular formula is C9H13NO2. The summed E-state index contributed by atoms with van der Waals surface area (Å²) in [6, 6.07) is 0. The van der Waals surface area contributed by atoms with E-state index in [2.05, 4.69) is 5.16 Å². The molecule has 0 aliphatic rings. The molecule has 0 saturated carbocycles. The molecule has 1 heterocycles. The van der Waals surface area contributed by atoms with Gasteiger partial charge in [-0.2, -0.15) is 0 Å². The van der Waals surface area contributed by atoms with Gasteiger partial charge in [0.25, 0.3) is 0 Å². The maximum Gasteiger partial charge on any atom is 0.155 e. The minimum Gasteiger partial charge on any atom is -0.360 e. The summed E-state index contributed by atoms with van der Waals surface area (Å²) in [6.45, 7) is 4.00. The van der Waals surface area contributed by atoms with E-state index in [1.54, 1.807) is 0 Å². The summed E-state index contributed by atoms with van der Waals surface area (Å²) in [6.07, 6.45) is 3.35. The Kier molecular flexibility index (Phi) is 3.02. The lowest BCUT2D eigenvalue weighted by molar-refractivity contribution is 0.112. The van der Waals surface area contributed by atoms with Gasteiger partial charge in [-0.15, -0.1) is 0 Å². The Morgan fingerprint density at radius 3 is 2.75 bits per heavy atom. The fraction of sp³-hybridized carbons (Fsp3) is 0.556. The number of hydrogen-bond acceptors (Lipinski definition) is 3. The highest BCUT2D eigenvalue weighted by molar-refractivity contribution is 5.77. The lowest BCUT2D eigenvalue weighted by Gasteiger charge is -1.91. The molecule has 3 heteroatoms. The maximum atomic E-state index is 10.6. The lowest BCUT2D eigenvalue weighted by atomic mass is 10.1. The van der Waals surface area contributed by atoms with Crippen molar-refractivity contribution < 1.29 is 9.32 Å². The average Bonchev–Trinajstić information content (AvgIpc) is 2.47. The van der Waals surface area contributed by atoms with E-state index in [4.69, 9.17) is 4.52 Å². The van der Waals surface area contributed by atoms with Crippen LogP contribution in [0.3, 0.4) is 0 Å². The highest BCUT2D eigenvalue weighted by Crippen LogP contribution is 2.13. The third kappa shape index (κ3) is 1.55. The maximum absolute atomic E-state index is 10.6. The van der Waals surface area contributed by atoms with Gasteiger partial charge in [-0.3, -0.25) is 4.79 Å². The molecule has 0 unspecified atom stereocenters. The Bertz CT molecular complexity index is 265. The van der Waals surface area contributed by atoms with Gasteiger partial charge in [-0.25, -0.2) is 0 Å². The van der Waals surface area contributed by atoms with Crippen molar-refractivity contribution in [3.05, 3.63) is 17.0 Å². The molecule has 0 amide bonds. The molecule has 1 rings (SSSR count). The molecule has 0 bridgehead atoms. The van der Waals surface area contributed by atoms with Crippen LogP contribution in [0.25, 0.3) is 0 Å². The number of carbonyl (C=O) groups is 1. The largest absolute Gasteiger partial charge is 0.360 e. The Morgan fingerprint density at radius 2 is 2.25 bits per heavy atom. The van der Waals surface area contributed by atoms with E-state index in [0.29, 0.717) is 5.56 Å². The number of nitrogens with zero attached hydrogens (tertiary/aromatic N) is 1. The highest BCUT2D eigenvalue weighted by atomic mass is 16.5. The molecule has 0 saturated heterocycles. The van der Waals surface area contributed by atoms with E-state index in [-0.39, 0.29) is 0 Å². The predicted octanol–water partition coefficient (Wildman–Crippen LogP) is 2.00. The summed E-state index contributed by atoms with van der Waals surface area (Å²) in [5, 5.41) is 3.82. The number of aryl methyl sites for hydroxylation is 2. The first-order chi connectivity index (χ1) is 5.83. The van der Waals surface area contributed by atoms with Crippen molar-refractivity contribution in [2.45, 2.75) is 33.1 Å². The Hall–Kier alpha value is -1.12. The molecule has 1 aromatic rings. The van der Waals surface area contributed by atoms with Crippen molar-refractivity contribution in [1.82, 2.24) is 5.16 Å². The molecule has 0 spiro atoms. The first-order valence-corrected chi connectivity index (χ1v) is 4.26. The van der Waals surface area contributed by atoms with Gasteiger partial charge in [0.1, 0.15) is 5.76 Å². The smallest absolute Gasteiger partial charge is 0.155 e. The number of aromatic nitrogens is 1. The minimum absolute atomic E-state index is 0.652. The SMILES string of the molecule is CCCc1onc(CC)c1C=O. The van der Waals surface area contributed by atoms with Crippen molar-refractivity contribution in [2.24, 2.45) is 0 Å². The molecule has 0 radical (unpaired) electrons. The summed E-state index contributed by atoms with van der Waals surface area (Å²) in [4.78, 5) is 10.6. The monoisotopic (exact) mass is 167 g/mol. The van der Waals surface area contributed by atoms with Crippen molar-refractivity contribution >= 4 is 6.29 Å². The molecular weight excluding hydrogens is 154 g/mol. The first-order valence-electron chi connectivity index (χ1n) is 4.26. The Labute approximate surface area is 71.7 Å². The zero-order chi connectivity index (χ0) is 8.97. The first kappa shape index (κ1) is 8.97. The van der Waals surface area contributed by atoms with Crippen LogP contribution in [0.2, 0.25) is 0 Å². The van der Waals surface area contributed by atoms with Crippen LogP contribution in [0.1, 0.15) is 42.1 Å². The zero-order valence-corrected chi connectivity index (χ0v) is 7.46. The molecule has 12 heavy (non-hydrogen) atoms. The van der Waals surface area contributed by atoms with Crippen molar-refractivity contribution in [3.8, 4) is 0 Å². The van der Waals surface area contributed by atoms with Gasteiger partial charge < -0.3 is 4.52 Å². The van der Waals surface area contributed by atoms with Crippen molar-refractivity contribution in [2.75, 3.05) is 0 Å². The van der Waals surface area contributed by atoms with Crippen molar-refractivity contribution in [1.29, 1.82) is 0 Å². The van der Waals surface area contributed by atoms with E-state index in [9.17, 15) is 4.79 Å². The van der Waals surface area contributed by atoms with Crippen LogP contribution in [-0.4, -0.2) is 11.4 Å². The third-order valence-corrected chi connectivity index (χ3v) is 1.81. The third-order valence-electron chi connectivity index (χ3n) is 1.81. The Morgan fingerprint density at radius 1 is 1.50 bits per heavy atom. The summed E-state index contributed by atoms with van der Waals surface area (Å²) >= 11 is 0. The summed E-state index contributed by atoms with van der Waals surface area (Å²) in [5.41, 5.74) is 1.42. The van der Waals surface area contributed by atoms with Crippen LogP contribution in [0.15, 0.2) is 4.52 Å². The van der Waals surface area contributed by atoms with Gasteiger partial charge in [-0.05, 0) is 12.8 Å². The van der Waals surface area contributed by atoms with Gasteiger partial charge in [0.2, 0.25) is 0 Å². The van der Waals surface area contributed by atoms with Crippen LogP contribution in [0, 0.1) is 0 Å². The summed E-state index contributed by atoms with van der Waals surface area (Å²) in [5.74, 6) is 0.726. The van der Waals surface area contributed by atoms with E-state index in [1.807, 2.05) is 13.8 Å². The van der Waals surface area contributed by atoms with E-state index < -0.39 is 0 Å². The van der Waals surface area contributed by atoms with Crippen LogP contribution in [-0.2, 0) is 12.8 Å². The summed E-state index contributed by atoms with van der Waals surface area (Å²) < 4.78 is 5.04. The second-order valence-corrected chi connectivity index (χ2v) is 2.69. The number of carbonyl (C=O) groups excluding carboxylic acids is 1. The molecule has 0 atom stereocenters. The fourth-order valence-corrected chi connectivity index (χ4v) is 1.17. The van der Waals surface area contributed by atoms with E-state index >= 15 is 0 Å². The fourth-order valence-electron chi connectivity index (χ4n) is 1.17. The molecule has 0 fully saturated rings. The van der Waals surface area contributed by atoms with Crippen LogP contribution in [0.5, 0.6) is 0 Å². The Balaban J connectivity index is 2.96. The van der Waals surface area contributed by atoms with Gasteiger partial charge in [0.05, 0.1) is 11.3 Å². The van der Waals surface area contributed by atoms with Crippen LogP contribution in [0.4, 0.5) is 0 Å². The second kappa shape index (κ2) is 4.04. The molecule has 0 aromatic carbocycles. The number of hydrogen-bond donors (Lipinski definition) is 0. The minimum atomic E-state index is 0.652. The van der Waals surface area contributed by atoms with Crippen LogP contribution < -0.4 is 0 Å². The predicted molar refractivity (Wildman–Crippen MR) is 45.3 cm³/mol. The average molecular weight is 167 g/mol.